The Hall–Kier alpha value is -2.98. The summed E-state index contributed by atoms with van der Waals surface area (Å²) in [5, 5.41) is 0. The maximum atomic E-state index is 13.5. The van der Waals surface area contributed by atoms with E-state index < -0.39 is 0 Å². The number of hydrogen-bond donors (Lipinski definition) is 0. The lowest BCUT2D eigenvalue weighted by molar-refractivity contribution is 0.0955. The van der Waals surface area contributed by atoms with Crippen LogP contribution in [0.1, 0.15) is 41.6 Å². The molecule has 1 atom stereocenters. The molecule has 0 aliphatic heterocycles. The van der Waals surface area contributed by atoms with Gasteiger partial charge in [0.05, 0.1) is 0 Å². The van der Waals surface area contributed by atoms with Gasteiger partial charge in [-0.2, -0.15) is 0 Å². The van der Waals surface area contributed by atoms with E-state index >= 15 is 0 Å². The highest BCUT2D eigenvalue weighted by molar-refractivity contribution is 6.02. The fraction of sp³-hybridized carbons (Fsp3) is 0.296. The van der Waals surface area contributed by atoms with Crippen molar-refractivity contribution in [2.75, 3.05) is 27.2 Å². The standard InChI is InChI=1S/C27H30FNO2/c1-4-7-26(25-9-6-5-8-24(25)20-10-14-22(28)15-11-20)27(30)21-12-16-23(17-13-21)31-19-18-29(2)3/h5-6,8-17,26H,4,7,18-19H2,1-3H3. The van der Waals surface area contributed by atoms with Gasteiger partial charge in [0.1, 0.15) is 18.2 Å². The van der Waals surface area contributed by atoms with Gasteiger partial charge in [-0.25, -0.2) is 4.39 Å². The highest BCUT2D eigenvalue weighted by Crippen LogP contribution is 2.34. The largest absolute Gasteiger partial charge is 0.492 e. The van der Waals surface area contributed by atoms with Gasteiger partial charge in [0.15, 0.2) is 5.78 Å². The maximum absolute atomic E-state index is 13.5. The van der Waals surface area contributed by atoms with Crippen LogP contribution >= 0.6 is 0 Å². The summed E-state index contributed by atoms with van der Waals surface area (Å²) >= 11 is 0. The van der Waals surface area contributed by atoms with E-state index in [9.17, 15) is 9.18 Å². The minimum absolute atomic E-state index is 0.0938. The predicted octanol–water partition coefficient (Wildman–Crippen LogP) is 6.20. The molecule has 0 amide bonds. The normalized spacial score (nSPS) is 12.0. The second kappa shape index (κ2) is 10.9. The Labute approximate surface area is 184 Å². The Bertz CT molecular complexity index is 981. The van der Waals surface area contributed by atoms with Gasteiger partial charge in [0.2, 0.25) is 0 Å². The van der Waals surface area contributed by atoms with Crippen LogP contribution in [0.3, 0.4) is 0 Å². The van der Waals surface area contributed by atoms with Gasteiger partial charge >= 0.3 is 0 Å². The number of Topliss-reactive ketones (excluding diaryl/α,β-unsaturated/α-hetero) is 1. The van der Waals surface area contributed by atoms with Gasteiger partial charge in [-0.15, -0.1) is 0 Å². The molecular weight excluding hydrogens is 389 g/mol. The quantitative estimate of drug-likeness (QED) is 0.367. The Morgan fingerprint density at radius 2 is 1.65 bits per heavy atom. The number of halogens is 1. The second-order valence-corrected chi connectivity index (χ2v) is 7.98. The number of hydrogen-bond acceptors (Lipinski definition) is 3. The average Bonchev–Trinajstić information content (AvgIpc) is 2.78. The van der Waals surface area contributed by atoms with Crippen LogP contribution < -0.4 is 4.74 Å². The number of likely N-dealkylation sites (N-methyl/N-ethyl adjacent to an activating group) is 1. The number of nitrogens with zero attached hydrogens (tertiary/aromatic N) is 1. The molecule has 0 saturated carbocycles. The highest BCUT2D eigenvalue weighted by Gasteiger charge is 2.24. The molecule has 0 N–H and O–H groups in total. The van der Waals surface area contributed by atoms with Gasteiger partial charge in [-0.3, -0.25) is 4.79 Å². The summed E-state index contributed by atoms with van der Waals surface area (Å²) in [7, 11) is 4.01. The number of ketones is 1. The minimum atomic E-state index is -0.268. The zero-order valence-corrected chi connectivity index (χ0v) is 18.5. The average molecular weight is 420 g/mol. The summed E-state index contributed by atoms with van der Waals surface area (Å²) in [6, 6.07) is 21.8. The van der Waals surface area contributed by atoms with Gasteiger partial charge in [0.25, 0.3) is 0 Å². The fourth-order valence-corrected chi connectivity index (χ4v) is 3.67. The van der Waals surface area contributed by atoms with Gasteiger partial charge in [-0.1, -0.05) is 49.7 Å². The van der Waals surface area contributed by atoms with E-state index in [0.29, 0.717) is 12.2 Å². The van der Waals surface area contributed by atoms with E-state index in [2.05, 4.69) is 11.8 Å². The molecule has 0 aromatic heterocycles. The fourth-order valence-electron chi connectivity index (χ4n) is 3.67. The molecule has 0 spiro atoms. The van der Waals surface area contributed by atoms with Crippen LogP contribution in [0.15, 0.2) is 72.8 Å². The van der Waals surface area contributed by atoms with Crippen molar-refractivity contribution in [1.29, 1.82) is 0 Å². The zero-order chi connectivity index (χ0) is 22.2. The molecule has 0 bridgehead atoms. The van der Waals surface area contributed by atoms with Crippen LogP contribution in [0.5, 0.6) is 5.75 Å². The molecule has 3 aromatic rings. The van der Waals surface area contributed by atoms with Crippen molar-refractivity contribution in [3.8, 4) is 16.9 Å². The first-order valence-electron chi connectivity index (χ1n) is 10.8. The smallest absolute Gasteiger partial charge is 0.170 e. The summed E-state index contributed by atoms with van der Waals surface area (Å²) in [6.45, 7) is 3.52. The summed E-state index contributed by atoms with van der Waals surface area (Å²) in [4.78, 5) is 15.5. The van der Waals surface area contributed by atoms with E-state index in [1.165, 1.54) is 12.1 Å². The van der Waals surface area contributed by atoms with Crippen LogP contribution in [0, 0.1) is 5.82 Å². The highest BCUT2D eigenvalue weighted by atomic mass is 19.1. The third kappa shape index (κ3) is 6.02. The zero-order valence-electron chi connectivity index (χ0n) is 18.5. The molecule has 4 heteroatoms. The van der Waals surface area contributed by atoms with E-state index in [4.69, 9.17) is 4.74 Å². The molecule has 0 saturated heterocycles. The monoisotopic (exact) mass is 419 g/mol. The lowest BCUT2D eigenvalue weighted by Gasteiger charge is -2.20. The van der Waals surface area contributed by atoms with Gasteiger partial charge in [-0.05, 0) is 73.6 Å². The van der Waals surface area contributed by atoms with Crippen LogP contribution in [0.4, 0.5) is 4.39 Å². The number of benzene rings is 3. The van der Waals surface area contributed by atoms with Gasteiger partial charge < -0.3 is 9.64 Å². The van der Waals surface area contributed by atoms with Crippen LogP contribution in [0.2, 0.25) is 0 Å². The van der Waals surface area contributed by atoms with Crippen molar-refractivity contribution in [3.63, 3.8) is 0 Å². The summed E-state index contributed by atoms with van der Waals surface area (Å²) in [6.07, 6.45) is 1.64. The lowest BCUT2D eigenvalue weighted by atomic mass is 9.83. The Kier molecular flexibility index (Phi) is 7.96. The topological polar surface area (TPSA) is 29.5 Å². The number of rotatable bonds is 10. The molecule has 0 fully saturated rings. The first-order chi connectivity index (χ1) is 15.0. The molecule has 0 radical (unpaired) electrons. The van der Waals surface area contributed by atoms with E-state index in [1.54, 1.807) is 12.1 Å². The van der Waals surface area contributed by atoms with Crippen LogP contribution in [-0.4, -0.2) is 37.9 Å². The molecule has 0 heterocycles. The van der Waals surface area contributed by atoms with E-state index in [0.717, 1.165) is 41.8 Å². The molecule has 3 aromatic carbocycles. The molecule has 0 aliphatic carbocycles. The predicted molar refractivity (Wildman–Crippen MR) is 124 cm³/mol. The van der Waals surface area contributed by atoms with Crippen molar-refractivity contribution in [1.82, 2.24) is 4.90 Å². The third-order valence-electron chi connectivity index (χ3n) is 5.33. The molecule has 1 unspecified atom stereocenters. The van der Waals surface area contributed by atoms with Crippen LogP contribution in [-0.2, 0) is 0 Å². The first-order valence-corrected chi connectivity index (χ1v) is 10.8. The number of carbonyl (C=O) groups is 1. The van der Waals surface area contributed by atoms with E-state index in [-0.39, 0.29) is 17.5 Å². The van der Waals surface area contributed by atoms with Crippen molar-refractivity contribution in [2.24, 2.45) is 0 Å². The Morgan fingerprint density at radius 1 is 0.968 bits per heavy atom. The summed E-state index contributed by atoms with van der Waals surface area (Å²) in [5.74, 6) is 0.329. The minimum Gasteiger partial charge on any atom is -0.492 e. The molecule has 3 nitrogen and oxygen atoms in total. The molecule has 31 heavy (non-hydrogen) atoms. The van der Waals surface area contributed by atoms with Gasteiger partial charge in [0, 0.05) is 18.0 Å². The summed E-state index contributed by atoms with van der Waals surface area (Å²) in [5.41, 5.74) is 3.54. The van der Waals surface area contributed by atoms with Crippen molar-refractivity contribution in [2.45, 2.75) is 25.7 Å². The molecule has 3 rings (SSSR count). The first kappa shape index (κ1) is 22.7. The molecular formula is C27H30FNO2. The van der Waals surface area contributed by atoms with Crippen molar-refractivity contribution >= 4 is 5.78 Å². The maximum Gasteiger partial charge on any atom is 0.170 e. The Balaban J connectivity index is 1.86. The molecule has 162 valence electrons. The lowest BCUT2D eigenvalue weighted by Crippen LogP contribution is -2.19. The van der Waals surface area contributed by atoms with Crippen LogP contribution in [0.25, 0.3) is 11.1 Å². The van der Waals surface area contributed by atoms with E-state index in [1.807, 2.05) is 62.6 Å². The molecule has 0 aliphatic rings. The third-order valence-corrected chi connectivity index (χ3v) is 5.33. The second-order valence-electron chi connectivity index (χ2n) is 7.98. The van der Waals surface area contributed by atoms with Crippen molar-refractivity contribution in [3.05, 3.63) is 89.7 Å². The number of carbonyl (C=O) groups excluding carboxylic acids is 1. The number of ether oxygens (including phenoxy) is 1. The SMILES string of the molecule is CCCC(C(=O)c1ccc(OCCN(C)C)cc1)c1ccccc1-c1ccc(F)cc1. The summed E-state index contributed by atoms with van der Waals surface area (Å²) < 4.78 is 19.2. The van der Waals surface area contributed by atoms with Crippen molar-refractivity contribution < 1.29 is 13.9 Å². The Morgan fingerprint density at radius 3 is 2.29 bits per heavy atom.